The number of nitrogens with zero attached hydrogens (tertiary/aromatic N) is 4. The number of para-hydroxylation sites is 1. The van der Waals surface area contributed by atoms with Gasteiger partial charge >= 0.3 is 0 Å². The summed E-state index contributed by atoms with van der Waals surface area (Å²) in [5.41, 5.74) is 1.42. The lowest BCUT2D eigenvalue weighted by molar-refractivity contribution is 0.102. The molecule has 1 fully saturated rings. The maximum absolute atomic E-state index is 12.3. The molecule has 6 nitrogen and oxygen atoms in total. The predicted molar refractivity (Wildman–Crippen MR) is 91.1 cm³/mol. The smallest absolute Gasteiger partial charge is 0.284 e. The zero-order valence-electron chi connectivity index (χ0n) is 12.4. The second-order valence-corrected chi connectivity index (χ2v) is 6.44. The highest BCUT2D eigenvalue weighted by Crippen LogP contribution is 2.22. The van der Waals surface area contributed by atoms with Crippen LogP contribution in [0.25, 0.3) is 10.2 Å². The van der Waals surface area contributed by atoms with Gasteiger partial charge in [-0.2, -0.15) is 0 Å². The number of rotatable bonds is 3. The maximum Gasteiger partial charge on any atom is 0.284 e. The molecule has 0 unspecified atom stereocenters. The van der Waals surface area contributed by atoms with E-state index in [1.165, 1.54) is 24.2 Å². The Morgan fingerprint density at radius 1 is 1.13 bits per heavy atom. The van der Waals surface area contributed by atoms with Gasteiger partial charge in [-0.3, -0.25) is 4.79 Å². The molecule has 3 aromatic rings. The van der Waals surface area contributed by atoms with Crippen LogP contribution in [0.3, 0.4) is 0 Å². The SMILES string of the molecule is O=C(Nc1cnc(N2CCCC2)nc1)c1nc2ccccc2s1. The lowest BCUT2D eigenvalue weighted by Crippen LogP contribution is -2.20. The molecule has 0 saturated carbocycles. The Morgan fingerprint density at radius 3 is 2.61 bits per heavy atom. The van der Waals surface area contributed by atoms with Crippen LogP contribution < -0.4 is 10.2 Å². The summed E-state index contributed by atoms with van der Waals surface area (Å²) in [6, 6.07) is 7.70. The van der Waals surface area contributed by atoms with Crippen LogP contribution in [0.1, 0.15) is 22.6 Å². The van der Waals surface area contributed by atoms with E-state index >= 15 is 0 Å². The van der Waals surface area contributed by atoms with Gasteiger partial charge in [0.25, 0.3) is 5.91 Å². The van der Waals surface area contributed by atoms with Crippen molar-refractivity contribution < 1.29 is 4.79 Å². The fraction of sp³-hybridized carbons (Fsp3) is 0.250. The quantitative estimate of drug-likeness (QED) is 0.801. The van der Waals surface area contributed by atoms with Crippen LogP contribution in [-0.4, -0.2) is 33.9 Å². The average Bonchev–Trinajstić information content (AvgIpc) is 3.25. The molecule has 116 valence electrons. The molecule has 1 N–H and O–H groups in total. The molecule has 1 amide bonds. The highest BCUT2D eigenvalue weighted by molar-refractivity contribution is 7.20. The van der Waals surface area contributed by atoms with E-state index in [0.29, 0.717) is 10.7 Å². The molecule has 2 aromatic heterocycles. The van der Waals surface area contributed by atoms with E-state index in [4.69, 9.17) is 0 Å². The Balaban J connectivity index is 1.49. The van der Waals surface area contributed by atoms with Gasteiger partial charge in [0.05, 0.1) is 28.3 Å². The molecule has 0 aliphatic carbocycles. The standard InChI is InChI=1S/C16H15N5OS/c22-14(15-20-12-5-1-2-6-13(12)23-15)19-11-9-17-16(18-10-11)21-7-3-4-8-21/h1-2,5-6,9-10H,3-4,7-8H2,(H,19,22). The number of carbonyl (C=O) groups excluding carboxylic acids is 1. The Hall–Kier alpha value is -2.54. The van der Waals surface area contributed by atoms with Crippen molar-refractivity contribution in [3.8, 4) is 0 Å². The molecule has 0 spiro atoms. The first-order valence-electron chi connectivity index (χ1n) is 7.53. The van der Waals surface area contributed by atoms with Crippen molar-refractivity contribution in [1.82, 2.24) is 15.0 Å². The summed E-state index contributed by atoms with van der Waals surface area (Å²) >= 11 is 1.38. The molecule has 1 aromatic carbocycles. The van der Waals surface area contributed by atoms with E-state index in [1.807, 2.05) is 24.3 Å². The number of nitrogens with one attached hydrogen (secondary N) is 1. The van der Waals surface area contributed by atoms with Crippen molar-refractivity contribution in [3.05, 3.63) is 41.7 Å². The number of hydrogen-bond acceptors (Lipinski definition) is 6. The Labute approximate surface area is 137 Å². The van der Waals surface area contributed by atoms with Gasteiger partial charge in [0.15, 0.2) is 5.01 Å². The van der Waals surface area contributed by atoms with Crippen LogP contribution in [0.4, 0.5) is 11.6 Å². The van der Waals surface area contributed by atoms with Gasteiger partial charge in [-0.1, -0.05) is 12.1 Å². The second kappa shape index (κ2) is 5.92. The van der Waals surface area contributed by atoms with Gasteiger partial charge in [0.1, 0.15) is 0 Å². The van der Waals surface area contributed by atoms with Crippen molar-refractivity contribution in [2.75, 3.05) is 23.3 Å². The number of benzene rings is 1. The van der Waals surface area contributed by atoms with Gasteiger partial charge in [-0.25, -0.2) is 15.0 Å². The van der Waals surface area contributed by atoms with Gasteiger partial charge in [0, 0.05) is 13.1 Å². The molecular formula is C16H15N5OS. The largest absolute Gasteiger partial charge is 0.341 e. The molecule has 1 saturated heterocycles. The van der Waals surface area contributed by atoms with E-state index in [1.54, 1.807) is 12.4 Å². The highest BCUT2D eigenvalue weighted by atomic mass is 32.1. The van der Waals surface area contributed by atoms with Crippen LogP contribution in [0.2, 0.25) is 0 Å². The predicted octanol–water partition coefficient (Wildman–Crippen LogP) is 2.94. The number of fused-ring (bicyclic) bond motifs is 1. The molecule has 3 heterocycles. The lowest BCUT2D eigenvalue weighted by Gasteiger charge is -2.14. The molecule has 1 aliphatic rings. The van der Waals surface area contributed by atoms with Crippen molar-refractivity contribution in [1.29, 1.82) is 0 Å². The molecule has 0 bridgehead atoms. The van der Waals surface area contributed by atoms with E-state index < -0.39 is 0 Å². The third-order valence-electron chi connectivity index (χ3n) is 3.77. The zero-order chi connectivity index (χ0) is 15.6. The van der Waals surface area contributed by atoms with Gasteiger partial charge in [-0.15, -0.1) is 11.3 Å². The maximum atomic E-state index is 12.3. The first kappa shape index (κ1) is 14.1. The van der Waals surface area contributed by atoms with Crippen molar-refractivity contribution in [3.63, 3.8) is 0 Å². The van der Waals surface area contributed by atoms with Crippen LogP contribution in [-0.2, 0) is 0 Å². The summed E-state index contributed by atoms with van der Waals surface area (Å²) in [6.07, 6.45) is 5.65. The Bertz CT molecular complexity index is 806. The van der Waals surface area contributed by atoms with Gasteiger partial charge in [-0.05, 0) is 25.0 Å². The number of hydrogen-bond donors (Lipinski definition) is 1. The minimum absolute atomic E-state index is 0.233. The first-order valence-corrected chi connectivity index (χ1v) is 8.35. The topological polar surface area (TPSA) is 71.0 Å². The summed E-state index contributed by atoms with van der Waals surface area (Å²) in [5.74, 6) is 0.490. The summed E-state index contributed by atoms with van der Waals surface area (Å²) in [4.78, 5) is 27.5. The summed E-state index contributed by atoms with van der Waals surface area (Å²) in [7, 11) is 0. The number of carbonyl (C=O) groups is 1. The van der Waals surface area contributed by atoms with Crippen molar-refractivity contribution in [2.24, 2.45) is 0 Å². The molecule has 0 atom stereocenters. The molecule has 4 rings (SSSR count). The number of amides is 1. The summed E-state index contributed by atoms with van der Waals surface area (Å²) in [6.45, 7) is 1.99. The molecular weight excluding hydrogens is 310 g/mol. The number of thiazole rings is 1. The van der Waals surface area contributed by atoms with E-state index in [-0.39, 0.29) is 5.91 Å². The normalized spacial score (nSPS) is 14.3. The fourth-order valence-corrected chi connectivity index (χ4v) is 3.48. The van der Waals surface area contributed by atoms with E-state index in [0.717, 1.165) is 29.3 Å². The first-order chi connectivity index (χ1) is 11.3. The van der Waals surface area contributed by atoms with Crippen LogP contribution in [0.5, 0.6) is 0 Å². The average molecular weight is 325 g/mol. The minimum atomic E-state index is -0.233. The molecule has 23 heavy (non-hydrogen) atoms. The fourth-order valence-electron chi connectivity index (χ4n) is 2.62. The Kier molecular flexibility index (Phi) is 3.63. The third kappa shape index (κ3) is 2.87. The monoisotopic (exact) mass is 325 g/mol. The number of anilines is 2. The second-order valence-electron chi connectivity index (χ2n) is 5.41. The highest BCUT2D eigenvalue weighted by Gasteiger charge is 2.16. The zero-order valence-corrected chi connectivity index (χ0v) is 13.2. The van der Waals surface area contributed by atoms with E-state index in [9.17, 15) is 4.79 Å². The van der Waals surface area contributed by atoms with Crippen LogP contribution in [0.15, 0.2) is 36.7 Å². The van der Waals surface area contributed by atoms with E-state index in [2.05, 4.69) is 25.2 Å². The third-order valence-corrected chi connectivity index (χ3v) is 4.81. The van der Waals surface area contributed by atoms with Gasteiger partial charge < -0.3 is 10.2 Å². The van der Waals surface area contributed by atoms with Crippen molar-refractivity contribution in [2.45, 2.75) is 12.8 Å². The summed E-state index contributed by atoms with van der Waals surface area (Å²) < 4.78 is 0.998. The summed E-state index contributed by atoms with van der Waals surface area (Å²) in [5, 5.41) is 3.24. The lowest BCUT2D eigenvalue weighted by atomic mass is 10.3. The van der Waals surface area contributed by atoms with Crippen LogP contribution in [0, 0.1) is 0 Å². The Morgan fingerprint density at radius 2 is 1.87 bits per heavy atom. The van der Waals surface area contributed by atoms with Crippen molar-refractivity contribution >= 4 is 39.1 Å². The molecule has 0 radical (unpaired) electrons. The minimum Gasteiger partial charge on any atom is -0.341 e. The number of aromatic nitrogens is 3. The molecule has 1 aliphatic heterocycles. The molecule has 7 heteroatoms. The van der Waals surface area contributed by atoms with Crippen LogP contribution >= 0.6 is 11.3 Å². The van der Waals surface area contributed by atoms with Gasteiger partial charge in [0.2, 0.25) is 5.95 Å².